The molecule has 0 bridgehead atoms. The van der Waals surface area contributed by atoms with Gasteiger partial charge in [-0.2, -0.15) is 0 Å². The van der Waals surface area contributed by atoms with Crippen molar-refractivity contribution in [2.24, 2.45) is 0 Å². The molecule has 0 aliphatic carbocycles. The molecule has 24 heavy (non-hydrogen) atoms. The van der Waals surface area contributed by atoms with Crippen LogP contribution in [0.4, 0.5) is 16.2 Å². The summed E-state index contributed by atoms with van der Waals surface area (Å²) in [5, 5.41) is 5.38. The van der Waals surface area contributed by atoms with Gasteiger partial charge in [0, 0.05) is 0 Å². The van der Waals surface area contributed by atoms with Crippen LogP contribution >= 0.6 is 0 Å². The Hall–Kier alpha value is -3.02. The second kappa shape index (κ2) is 8.57. The Labute approximate surface area is 140 Å². The summed E-state index contributed by atoms with van der Waals surface area (Å²) in [5.41, 5.74) is 1.22. The topological polar surface area (TPSA) is 76.7 Å². The summed E-state index contributed by atoms with van der Waals surface area (Å²) < 4.78 is 10.5. The molecule has 0 saturated carbocycles. The van der Waals surface area contributed by atoms with Gasteiger partial charge in [-0.1, -0.05) is 24.3 Å². The molecule has 0 atom stereocenters. The summed E-state index contributed by atoms with van der Waals surface area (Å²) in [7, 11) is 0. The van der Waals surface area contributed by atoms with Gasteiger partial charge in [0.25, 0.3) is 0 Å². The van der Waals surface area contributed by atoms with Gasteiger partial charge in [0.1, 0.15) is 5.75 Å². The summed E-state index contributed by atoms with van der Waals surface area (Å²) in [6.07, 6.45) is 0. The van der Waals surface area contributed by atoms with E-state index in [0.29, 0.717) is 29.3 Å². The summed E-state index contributed by atoms with van der Waals surface area (Å²) in [5.74, 6) is 0.0944. The smallest absolute Gasteiger partial charge is 0.340 e. The third kappa shape index (κ3) is 4.49. The fourth-order valence-electron chi connectivity index (χ4n) is 2.11. The number of esters is 1. The Morgan fingerprint density at radius 3 is 2.21 bits per heavy atom. The first-order valence-corrected chi connectivity index (χ1v) is 7.71. The monoisotopic (exact) mass is 328 g/mol. The molecule has 2 aromatic rings. The first-order valence-electron chi connectivity index (χ1n) is 7.71. The first-order chi connectivity index (χ1) is 11.7. The maximum Gasteiger partial charge on any atom is 0.340 e. The number of carbonyl (C=O) groups is 2. The number of ether oxygens (including phenoxy) is 2. The molecule has 6 heteroatoms. The molecule has 0 aromatic heterocycles. The number of anilines is 2. The molecule has 126 valence electrons. The fourth-order valence-corrected chi connectivity index (χ4v) is 2.11. The number of para-hydroxylation sites is 3. The summed E-state index contributed by atoms with van der Waals surface area (Å²) in [4.78, 5) is 24.2. The van der Waals surface area contributed by atoms with Crippen molar-refractivity contribution in [2.75, 3.05) is 23.8 Å². The van der Waals surface area contributed by atoms with Crippen LogP contribution in [0.1, 0.15) is 24.2 Å². The predicted octanol–water partition coefficient (Wildman–Crippen LogP) is 3.91. The zero-order valence-electron chi connectivity index (χ0n) is 13.7. The van der Waals surface area contributed by atoms with Gasteiger partial charge in [-0.25, -0.2) is 9.59 Å². The fraction of sp³-hybridized carbons (Fsp3) is 0.222. The molecule has 0 aliphatic heterocycles. The highest BCUT2D eigenvalue weighted by atomic mass is 16.5. The zero-order chi connectivity index (χ0) is 17.4. The van der Waals surface area contributed by atoms with Crippen LogP contribution in [0.2, 0.25) is 0 Å². The first kappa shape index (κ1) is 17.3. The molecule has 2 amide bonds. The van der Waals surface area contributed by atoms with Crippen LogP contribution in [0.25, 0.3) is 0 Å². The lowest BCUT2D eigenvalue weighted by atomic mass is 10.2. The third-order valence-corrected chi connectivity index (χ3v) is 3.11. The summed E-state index contributed by atoms with van der Waals surface area (Å²) in [6, 6.07) is 13.3. The normalized spacial score (nSPS) is 9.92. The maximum atomic E-state index is 12.2. The molecule has 0 spiro atoms. The van der Waals surface area contributed by atoms with E-state index in [-0.39, 0.29) is 6.61 Å². The minimum absolute atomic E-state index is 0.265. The van der Waals surface area contributed by atoms with E-state index in [9.17, 15) is 9.59 Å². The zero-order valence-corrected chi connectivity index (χ0v) is 13.7. The number of benzene rings is 2. The molecule has 2 N–H and O–H groups in total. The molecule has 2 rings (SSSR count). The third-order valence-electron chi connectivity index (χ3n) is 3.11. The second-order valence-corrected chi connectivity index (χ2v) is 4.77. The summed E-state index contributed by atoms with van der Waals surface area (Å²) >= 11 is 0. The number of hydrogen-bond donors (Lipinski definition) is 2. The lowest BCUT2D eigenvalue weighted by molar-refractivity contribution is 0.0527. The molecule has 0 heterocycles. The van der Waals surface area contributed by atoms with Crippen molar-refractivity contribution in [3.05, 3.63) is 54.1 Å². The Morgan fingerprint density at radius 2 is 1.50 bits per heavy atom. The second-order valence-electron chi connectivity index (χ2n) is 4.77. The lowest BCUT2D eigenvalue weighted by Crippen LogP contribution is -2.21. The number of hydrogen-bond acceptors (Lipinski definition) is 4. The van der Waals surface area contributed by atoms with Gasteiger partial charge < -0.3 is 20.1 Å². The van der Waals surface area contributed by atoms with E-state index in [2.05, 4.69) is 10.6 Å². The Bertz CT molecular complexity index is 716. The Kier molecular flexibility index (Phi) is 6.19. The van der Waals surface area contributed by atoms with Crippen LogP contribution in [-0.4, -0.2) is 25.2 Å². The van der Waals surface area contributed by atoms with Gasteiger partial charge >= 0.3 is 12.0 Å². The molecule has 0 unspecified atom stereocenters. The predicted molar refractivity (Wildman–Crippen MR) is 92.7 cm³/mol. The number of rotatable bonds is 6. The summed E-state index contributed by atoms with van der Waals surface area (Å²) in [6.45, 7) is 4.35. The molecule has 2 aromatic carbocycles. The minimum atomic E-state index is -0.483. The minimum Gasteiger partial charge on any atom is -0.492 e. The van der Waals surface area contributed by atoms with Crippen LogP contribution in [0.5, 0.6) is 5.75 Å². The van der Waals surface area contributed by atoms with Crippen LogP contribution in [0.3, 0.4) is 0 Å². The van der Waals surface area contributed by atoms with Gasteiger partial charge in [0.05, 0.1) is 30.2 Å². The van der Waals surface area contributed by atoms with Crippen molar-refractivity contribution in [1.82, 2.24) is 0 Å². The molecule has 0 fully saturated rings. The SMILES string of the molecule is CCOC(=O)c1ccccc1NC(=O)Nc1ccccc1OCC. The van der Waals surface area contributed by atoms with Crippen molar-refractivity contribution in [1.29, 1.82) is 0 Å². The van der Waals surface area contributed by atoms with E-state index >= 15 is 0 Å². The van der Waals surface area contributed by atoms with Crippen LogP contribution in [-0.2, 0) is 4.74 Å². The van der Waals surface area contributed by atoms with E-state index in [1.807, 2.05) is 13.0 Å². The largest absolute Gasteiger partial charge is 0.492 e. The van der Waals surface area contributed by atoms with Gasteiger partial charge in [0.2, 0.25) is 0 Å². The Morgan fingerprint density at radius 1 is 0.875 bits per heavy atom. The Balaban J connectivity index is 2.12. The molecule has 6 nitrogen and oxygen atoms in total. The molecule has 0 radical (unpaired) electrons. The van der Waals surface area contributed by atoms with Crippen molar-refractivity contribution < 1.29 is 19.1 Å². The highest BCUT2D eigenvalue weighted by Gasteiger charge is 2.14. The standard InChI is InChI=1S/C18H20N2O4/c1-3-23-16-12-8-7-11-15(16)20-18(22)19-14-10-6-5-9-13(14)17(21)24-4-2/h5-12H,3-4H2,1-2H3,(H2,19,20,22). The van der Waals surface area contributed by atoms with E-state index in [4.69, 9.17) is 9.47 Å². The lowest BCUT2D eigenvalue weighted by Gasteiger charge is -2.13. The van der Waals surface area contributed by atoms with Crippen LogP contribution in [0.15, 0.2) is 48.5 Å². The molecular weight excluding hydrogens is 308 g/mol. The quantitative estimate of drug-likeness (QED) is 0.788. The molecule has 0 aliphatic rings. The van der Waals surface area contributed by atoms with Gasteiger partial charge in [0.15, 0.2) is 0 Å². The number of nitrogens with one attached hydrogen (secondary N) is 2. The number of carbonyl (C=O) groups excluding carboxylic acids is 2. The van der Waals surface area contributed by atoms with Crippen molar-refractivity contribution in [3.63, 3.8) is 0 Å². The van der Waals surface area contributed by atoms with Crippen molar-refractivity contribution >= 4 is 23.4 Å². The number of amides is 2. The van der Waals surface area contributed by atoms with Crippen LogP contribution < -0.4 is 15.4 Å². The molecule has 0 saturated heterocycles. The average Bonchev–Trinajstić information content (AvgIpc) is 2.57. The average molecular weight is 328 g/mol. The maximum absolute atomic E-state index is 12.2. The van der Waals surface area contributed by atoms with Crippen molar-refractivity contribution in [2.45, 2.75) is 13.8 Å². The number of urea groups is 1. The molecular formula is C18H20N2O4. The highest BCUT2D eigenvalue weighted by Crippen LogP contribution is 2.24. The van der Waals surface area contributed by atoms with Crippen LogP contribution in [0, 0.1) is 0 Å². The van der Waals surface area contributed by atoms with Gasteiger partial charge in [-0.15, -0.1) is 0 Å². The van der Waals surface area contributed by atoms with E-state index < -0.39 is 12.0 Å². The van der Waals surface area contributed by atoms with E-state index in [1.165, 1.54) is 0 Å². The van der Waals surface area contributed by atoms with E-state index in [0.717, 1.165) is 0 Å². The van der Waals surface area contributed by atoms with Gasteiger partial charge in [-0.3, -0.25) is 0 Å². The van der Waals surface area contributed by atoms with Gasteiger partial charge in [-0.05, 0) is 38.1 Å². The highest BCUT2D eigenvalue weighted by molar-refractivity contribution is 6.05. The van der Waals surface area contributed by atoms with Crippen molar-refractivity contribution in [3.8, 4) is 5.75 Å². The van der Waals surface area contributed by atoms with E-state index in [1.54, 1.807) is 49.4 Å².